The van der Waals surface area contributed by atoms with Gasteiger partial charge in [0.05, 0.1) is 0 Å². The zero-order chi connectivity index (χ0) is 9.50. The standard InChI is InChI=1S/C7H21BrSi3/c1-9(2,3)11(6,7)10(4,5)8/h1-7H3. The van der Waals surface area contributed by atoms with Crippen LogP contribution in [0.2, 0.25) is 45.8 Å². The Kier molecular flexibility index (Phi) is 3.44. The van der Waals surface area contributed by atoms with Crippen molar-refractivity contribution in [3.05, 3.63) is 0 Å². The van der Waals surface area contributed by atoms with Crippen LogP contribution in [0, 0.1) is 0 Å². The Morgan fingerprint density at radius 3 is 1.00 bits per heavy atom. The van der Waals surface area contributed by atoms with Gasteiger partial charge in [-0.2, -0.15) is 0 Å². The summed E-state index contributed by atoms with van der Waals surface area (Å²) in [5.41, 5.74) is 0. The van der Waals surface area contributed by atoms with Crippen molar-refractivity contribution in [1.82, 2.24) is 0 Å². The lowest BCUT2D eigenvalue weighted by molar-refractivity contribution is 1.76. The molecule has 0 aromatic heterocycles. The van der Waals surface area contributed by atoms with E-state index in [1.807, 2.05) is 0 Å². The summed E-state index contributed by atoms with van der Waals surface area (Å²) in [5.74, 6) is 0. The molecule has 0 atom stereocenters. The van der Waals surface area contributed by atoms with Crippen molar-refractivity contribution < 1.29 is 0 Å². The highest BCUT2D eigenvalue weighted by Gasteiger charge is 2.48. The summed E-state index contributed by atoms with van der Waals surface area (Å²) in [4.78, 5) is 0. The summed E-state index contributed by atoms with van der Waals surface area (Å²) in [6.45, 7) is 17.6. The van der Waals surface area contributed by atoms with E-state index in [1.54, 1.807) is 0 Å². The molecule has 0 N–H and O–H groups in total. The monoisotopic (exact) mass is 268 g/mol. The minimum absolute atomic E-state index is 0.867. The molecule has 0 unspecified atom stereocenters. The van der Waals surface area contributed by atoms with Gasteiger partial charge in [0.25, 0.3) is 0 Å². The van der Waals surface area contributed by atoms with E-state index < -0.39 is 20.9 Å². The van der Waals surface area contributed by atoms with E-state index in [1.165, 1.54) is 0 Å². The molecule has 68 valence electrons. The normalized spacial score (nSPS) is 15.3. The van der Waals surface area contributed by atoms with Gasteiger partial charge in [0, 0.05) is 14.7 Å². The average Bonchev–Trinajstić information content (AvgIpc) is 1.58. The first-order chi connectivity index (χ1) is 4.50. The van der Waals surface area contributed by atoms with Crippen molar-refractivity contribution in [3.63, 3.8) is 0 Å². The molecule has 0 spiro atoms. The first-order valence-corrected chi connectivity index (χ1v) is 17.9. The maximum absolute atomic E-state index is 3.97. The highest BCUT2D eigenvalue weighted by molar-refractivity contribution is 9.28. The van der Waals surface area contributed by atoms with Gasteiger partial charge in [-0.1, -0.05) is 45.8 Å². The van der Waals surface area contributed by atoms with Gasteiger partial charge in [0.1, 0.15) is 6.21 Å². The van der Waals surface area contributed by atoms with E-state index >= 15 is 0 Å². The summed E-state index contributed by atoms with van der Waals surface area (Å²) in [6.07, 6.45) is -1.01. The van der Waals surface area contributed by atoms with Crippen LogP contribution in [0.4, 0.5) is 0 Å². The Balaban J connectivity index is 4.75. The van der Waals surface area contributed by atoms with Crippen LogP contribution in [-0.2, 0) is 0 Å². The number of halogens is 1. The number of hydrogen-bond acceptors (Lipinski definition) is 0. The SMILES string of the molecule is C[Si](C)(C)[Si](C)(C)[Si](C)(C)Br. The molecule has 0 rings (SSSR count). The lowest BCUT2D eigenvalue weighted by atomic mass is 11.8. The highest BCUT2D eigenvalue weighted by Crippen LogP contribution is 2.32. The Bertz CT molecular complexity index is 125. The molecule has 0 aromatic carbocycles. The summed E-state index contributed by atoms with van der Waals surface area (Å²) in [6, 6.07) is 0. The van der Waals surface area contributed by atoms with Gasteiger partial charge in [0.2, 0.25) is 0 Å². The second-order valence-electron chi connectivity index (χ2n) is 5.35. The molecule has 0 aromatic rings. The Morgan fingerprint density at radius 2 is 1.00 bits per heavy atom. The molecule has 0 bridgehead atoms. The van der Waals surface area contributed by atoms with E-state index in [0.29, 0.717) is 0 Å². The van der Waals surface area contributed by atoms with E-state index in [-0.39, 0.29) is 0 Å². The van der Waals surface area contributed by atoms with Crippen LogP contribution < -0.4 is 0 Å². The van der Waals surface area contributed by atoms with E-state index in [9.17, 15) is 0 Å². The van der Waals surface area contributed by atoms with Gasteiger partial charge in [0.15, 0.2) is 0 Å². The average molecular weight is 269 g/mol. The van der Waals surface area contributed by atoms with E-state index in [2.05, 4.69) is 61.1 Å². The van der Waals surface area contributed by atoms with Gasteiger partial charge in [-0.3, -0.25) is 0 Å². The third-order valence-electron chi connectivity index (χ3n) is 3.36. The lowest BCUT2D eigenvalue weighted by Gasteiger charge is -2.43. The van der Waals surface area contributed by atoms with Crippen molar-refractivity contribution in [2.45, 2.75) is 45.8 Å². The first kappa shape index (κ1) is 12.1. The fourth-order valence-electron chi connectivity index (χ4n) is 0.892. The fourth-order valence-corrected chi connectivity index (χ4v) is 40.1. The van der Waals surface area contributed by atoms with Crippen molar-refractivity contribution in [1.29, 1.82) is 0 Å². The number of hydrogen-bond donors (Lipinski definition) is 0. The van der Waals surface area contributed by atoms with E-state index in [4.69, 9.17) is 0 Å². The Morgan fingerprint density at radius 1 is 0.727 bits per heavy atom. The smallest absolute Gasteiger partial charge is 0.113 e. The predicted molar refractivity (Wildman–Crippen MR) is 67.2 cm³/mol. The van der Waals surface area contributed by atoms with Crippen molar-refractivity contribution in [3.8, 4) is 0 Å². The fraction of sp³-hybridized carbons (Fsp3) is 1.00. The molecule has 0 radical (unpaired) electrons. The predicted octanol–water partition coefficient (Wildman–Crippen LogP) is 3.79. The third kappa shape index (κ3) is 2.54. The van der Waals surface area contributed by atoms with Gasteiger partial charge in [-0.25, -0.2) is 0 Å². The van der Waals surface area contributed by atoms with Crippen LogP contribution in [0.15, 0.2) is 0 Å². The molecule has 0 aliphatic rings. The zero-order valence-electron chi connectivity index (χ0n) is 8.88. The van der Waals surface area contributed by atoms with Crippen LogP contribution in [-0.4, -0.2) is 20.9 Å². The van der Waals surface area contributed by atoms with Crippen molar-refractivity contribution >= 4 is 36.2 Å². The summed E-state index contributed by atoms with van der Waals surface area (Å²) >= 11 is 3.97. The Hall–Kier alpha value is 1.13. The quantitative estimate of drug-likeness (QED) is 0.528. The summed E-state index contributed by atoms with van der Waals surface area (Å²) in [5, 5.41) is 0. The minimum Gasteiger partial charge on any atom is -0.131 e. The molecule has 0 heterocycles. The van der Waals surface area contributed by atoms with E-state index in [0.717, 1.165) is 0 Å². The summed E-state index contributed by atoms with van der Waals surface area (Å²) in [7, 11) is -1.78. The summed E-state index contributed by atoms with van der Waals surface area (Å²) < 4.78 is 0. The molecule has 0 saturated carbocycles. The molecule has 0 aliphatic carbocycles. The van der Waals surface area contributed by atoms with Crippen LogP contribution in [0.25, 0.3) is 0 Å². The van der Waals surface area contributed by atoms with Crippen LogP contribution in [0.1, 0.15) is 0 Å². The molecule has 11 heavy (non-hydrogen) atoms. The topological polar surface area (TPSA) is 0 Å². The van der Waals surface area contributed by atoms with Crippen molar-refractivity contribution in [2.75, 3.05) is 0 Å². The third-order valence-corrected chi connectivity index (χ3v) is 54.8. The van der Waals surface area contributed by atoms with Crippen LogP contribution in [0.3, 0.4) is 0 Å². The van der Waals surface area contributed by atoms with Crippen molar-refractivity contribution in [2.24, 2.45) is 0 Å². The first-order valence-electron chi connectivity index (χ1n) is 4.19. The molecular formula is C7H21BrSi3. The van der Waals surface area contributed by atoms with Crippen LogP contribution in [0.5, 0.6) is 0 Å². The molecule has 4 heteroatoms. The molecular weight excluding hydrogens is 248 g/mol. The highest BCUT2D eigenvalue weighted by atomic mass is 79.9. The molecule has 0 nitrogen and oxygen atoms in total. The Labute approximate surface area is 82.0 Å². The largest absolute Gasteiger partial charge is 0.131 e. The molecule has 0 fully saturated rings. The van der Waals surface area contributed by atoms with Gasteiger partial charge in [-0.05, 0) is 0 Å². The molecule has 0 aliphatic heterocycles. The van der Waals surface area contributed by atoms with Crippen LogP contribution >= 0.6 is 15.3 Å². The molecule has 0 saturated heterocycles. The second-order valence-corrected chi connectivity index (χ2v) is 41.4. The van der Waals surface area contributed by atoms with Gasteiger partial charge < -0.3 is 0 Å². The lowest BCUT2D eigenvalue weighted by Crippen LogP contribution is -2.66. The maximum Gasteiger partial charge on any atom is 0.113 e. The van der Waals surface area contributed by atoms with Gasteiger partial charge in [-0.15, -0.1) is 15.3 Å². The zero-order valence-corrected chi connectivity index (χ0v) is 13.5. The maximum atomic E-state index is 3.97. The minimum atomic E-state index is -1.01. The second kappa shape index (κ2) is 3.12. The number of rotatable bonds is 2. The molecule has 0 amide bonds. The van der Waals surface area contributed by atoms with Gasteiger partial charge >= 0.3 is 0 Å².